The molecule has 0 fully saturated rings. The van der Waals surface area contributed by atoms with E-state index in [1.54, 1.807) is 6.08 Å². The van der Waals surface area contributed by atoms with Gasteiger partial charge in [0.25, 0.3) is 0 Å². The predicted molar refractivity (Wildman–Crippen MR) is 82.9 cm³/mol. The summed E-state index contributed by atoms with van der Waals surface area (Å²) in [6, 6.07) is 16.1. The number of rotatable bonds is 4. The van der Waals surface area contributed by atoms with E-state index in [9.17, 15) is 4.79 Å². The van der Waals surface area contributed by atoms with Gasteiger partial charge in [-0.1, -0.05) is 36.4 Å². The van der Waals surface area contributed by atoms with Crippen molar-refractivity contribution in [2.24, 2.45) is 0 Å². The van der Waals surface area contributed by atoms with Gasteiger partial charge in [-0.15, -0.1) is 0 Å². The normalized spacial score (nSPS) is 10.7. The van der Waals surface area contributed by atoms with Gasteiger partial charge in [0.05, 0.1) is 0 Å². The lowest BCUT2D eigenvalue weighted by Crippen LogP contribution is -2.07. The van der Waals surface area contributed by atoms with E-state index in [4.69, 9.17) is 5.11 Å². The molecule has 102 valence electrons. The Hall–Kier alpha value is -2.55. The van der Waals surface area contributed by atoms with Crippen LogP contribution in [0.15, 0.2) is 54.6 Å². The Kier molecular flexibility index (Phi) is 4.20. The lowest BCUT2D eigenvalue weighted by Gasteiger charge is -2.12. The molecule has 2 rings (SSSR count). The lowest BCUT2D eigenvalue weighted by atomic mass is 10.0. The molecule has 0 saturated heterocycles. The maximum absolute atomic E-state index is 10.5. The summed E-state index contributed by atoms with van der Waals surface area (Å²) < 4.78 is 0. The minimum Gasteiger partial charge on any atom is -0.478 e. The Morgan fingerprint density at radius 3 is 1.90 bits per heavy atom. The molecule has 0 radical (unpaired) electrons. The number of hydrogen-bond donors (Lipinski definition) is 1. The highest BCUT2D eigenvalue weighted by Gasteiger charge is 1.99. The zero-order valence-electron chi connectivity index (χ0n) is 11.6. The average Bonchev–Trinajstić information content (AvgIpc) is 2.46. The molecule has 0 bridgehead atoms. The van der Waals surface area contributed by atoms with Crippen LogP contribution in [-0.4, -0.2) is 25.2 Å². The monoisotopic (exact) mass is 267 g/mol. The molecule has 0 aliphatic rings. The SMILES string of the molecule is CN(C)c1ccc(-c2ccc(/C=C/C(=O)O)cc2)cc1. The molecule has 0 atom stereocenters. The van der Waals surface area contributed by atoms with Crippen molar-refractivity contribution < 1.29 is 9.90 Å². The first-order valence-corrected chi connectivity index (χ1v) is 6.35. The number of hydrogen-bond acceptors (Lipinski definition) is 2. The van der Waals surface area contributed by atoms with Crippen LogP contribution in [0, 0.1) is 0 Å². The molecule has 0 saturated carbocycles. The molecule has 0 amide bonds. The molecule has 0 aliphatic heterocycles. The molecule has 0 unspecified atom stereocenters. The van der Waals surface area contributed by atoms with Crippen LogP contribution in [0.2, 0.25) is 0 Å². The Labute approximate surface area is 118 Å². The fourth-order valence-electron chi connectivity index (χ4n) is 1.91. The van der Waals surface area contributed by atoms with Gasteiger partial charge in [-0.2, -0.15) is 0 Å². The molecule has 2 aromatic rings. The maximum atomic E-state index is 10.5. The van der Waals surface area contributed by atoms with Crippen LogP contribution in [-0.2, 0) is 4.79 Å². The van der Waals surface area contributed by atoms with Gasteiger partial charge >= 0.3 is 5.97 Å². The molecule has 0 heterocycles. The number of carboxylic acids is 1. The summed E-state index contributed by atoms with van der Waals surface area (Å²) in [6.45, 7) is 0. The Balaban J connectivity index is 2.19. The van der Waals surface area contributed by atoms with Gasteiger partial charge < -0.3 is 10.0 Å². The number of benzene rings is 2. The van der Waals surface area contributed by atoms with Crippen molar-refractivity contribution in [1.82, 2.24) is 0 Å². The van der Waals surface area contributed by atoms with Gasteiger partial charge in [0, 0.05) is 25.9 Å². The molecule has 3 nitrogen and oxygen atoms in total. The van der Waals surface area contributed by atoms with E-state index in [1.807, 2.05) is 38.4 Å². The summed E-state index contributed by atoms with van der Waals surface area (Å²) in [4.78, 5) is 12.5. The highest BCUT2D eigenvalue weighted by atomic mass is 16.4. The molecule has 0 spiro atoms. The van der Waals surface area contributed by atoms with Crippen molar-refractivity contribution in [3.8, 4) is 11.1 Å². The lowest BCUT2D eigenvalue weighted by molar-refractivity contribution is -0.131. The van der Waals surface area contributed by atoms with Gasteiger partial charge in [0.1, 0.15) is 0 Å². The van der Waals surface area contributed by atoms with Crippen molar-refractivity contribution in [3.05, 3.63) is 60.2 Å². The Morgan fingerprint density at radius 1 is 0.950 bits per heavy atom. The molecule has 20 heavy (non-hydrogen) atoms. The average molecular weight is 267 g/mol. The molecule has 1 N–H and O–H groups in total. The van der Waals surface area contributed by atoms with Gasteiger partial charge in [-0.3, -0.25) is 0 Å². The van der Waals surface area contributed by atoms with Crippen LogP contribution < -0.4 is 4.90 Å². The van der Waals surface area contributed by atoms with E-state index in [1.165, 1.54) is 0 Å². The number of carboxylic acid groups (broad SMARTS) is 1. The summed E-state index contributed by atoms with van der Waals surface area (Å²) in [5.41, 5.74) is 4.29. The minimum atomic E-state index is -0.937. The summed E-state index contributed by atoms with van der Waals surface area (Å²) >= 11 is 0. The highest BCUT2D eigenvalue weighted by Crippen LogP contribution is 2.23. The molecule has 2 aromatic carbocycles. The van der Waals surface area contributed by atoms with Crippen LogP contribution in [0.1, 0.15) is 5.56 Å². The summed E-state index contributed by atoms with van der Waals surface area (Å²) in [5, 5.41) is 8.59. The Morgan fingerprint density at radius 2 is 1.45 bits per heavy atom. The topological polar surface area (TPSA) is 40.5 Å². The summed E-state index contributed by atoms with van der Waals surface area (Å²) in [5.74, 6) is -0.937. The predicted octanol–water partition coefficient (Wildman–Crippen LogP) is 3.52. The zero-order valence-corrected chi connectivity index (χ0v) is 11.6. The second-order valence-corrected chi connectivity index (χ2v) is 4.73. The van der Waals surface area contributed by atoms with Crippen molar-refractivity contribution in [2.45, 2.75) is 0 Å². The fourth-order valence-corrected chi connectivity index (χ4v) is 1.91. The molecular weight excluding hydrogens is 250 g/mol. The van der Waals surface area contributed by atoms with Crippen molar-refractivity contribution in [1.29, 1.82) is 0 Å². The molecular formula is C17H17NO2. The fraction of sp³-hybridized carbons (Fsp3) is 0.118. The first kappa shape index (κ1) is 13.9. The van der Waals surface area contributed by atoms with Crippen molar-refractivity contribution >= 4 is 17.7 Å². The van der Waals surface area contributed by atoms with Crippen LogP contribution in [0.4, 0.5) is 5.69 Å². The number of aliphatic carboxylic acids is 1. The molecule has 0 aromatic heterocycles. The number of anilines is 1. The third kappa shape index (κ3) is 3.48. The first-order valence-electron chi connectivity index (χ1n) is 6.35. The van der Waals surface area contributed by atoms with E-state index >= 15 is 0 Å². The van der Waals surface area contributed by atoms with E-state index in [-0.39, 0.29) is 0 Å². The van der Waals surface area contributed by atoms with Crippen LogP contribution >= 0.6 is 0 Å². The maximum Gasteiger partial charge on any atom is 0.328 e. The third-order valence-corrected chi connectivity index (χ3v) is 3.05. The summed E-state index contributed by atoms with van der Waals surface area (Å²) in [7, 11) is 4.02. The standard InChI is InChI=1S/C17H17NO2/c1-18(2)16-10-8-15(9-11-16)14-6-3-13(4-7-14)5-12-17(19)20/h3-12H,1-2H3,(H,19,20)/b12-5+. The number of nitrogens with zero attached hydrogens (tertiary/aromatic N) is 1. The largest absolute Gasteiger partial charge is 0.478 e. The van der Waals surface area contributed by atoms with E-state index in [0.717, 1.165) is 28.5 Å². The van der Waals surface area contributed by atoms with E-state index in [0.29, 0.717) is 0 Å². The van der Waals surface area contributed by atoms with Crippen molar-refractivity contribution in [3.63, 3.8) is 0 Å². The Bertz CT molecular complexity index is 610. The minimum absolute atomic E-state index is 0.876. The van der Waals surface area contributed by atoms with Crippen molar-refractivity contribution in [2.75, 3.05) is 19.0 Å². The quantitative estimate of drug-likeness (QED) is 0.862. The van der Waals surface area contributed by atoms with Crippen LogP contribution in [0.5, 0.6) is 0 Å². The second-order valence-electron chi connectivity index (χ2n) is 4.73. The van der Waals surface area contributed by atoms with E-state index in [2.05, 4.69) is 29.2 Å². The molecule has 0 aliphatic carbocycles. The first-order chi connectivity index (χ1) is 9.56. The van der Waals surface area contributed by atoms with Crippen LogP contribution in [0.25, 0.3) is 17.2 Å². The van der Waals surface area contributed by atoms with Gasteiger partial charge in [0.15, 0.2) is 0 Å². The van der Waals surface area contributed by atoms with Gasteiger partial charge in [-0.25, -0.2) is 4.79 Å². The molecule has 3 heteroatoms. The summed E-state index contributed by atoms with van der Waals surface area (Å²) in [6.07, 6.45) is 2.72. The van der Waals surface area contributed by atoms with Crippen LogP contribution in [0.3, 0.4) is 0 Å². The van der Waals surface area contributed by atoms with Gasteiger partial charge in [0.2, 0.25) is 0 Å². The van der Waals surface area contributed by atoms with E-state index < -0.39 is 5.97 Å². The van der Waals surface area contributed by atoms with Gasteiger partial charge in [-0.05, 0) is 34.9 Å². The highest BCUT2D eigenvalue weighted by molar-refractivity contribution is 5.85. The number of carbonyl (C=O) groups is 1. The zero-order chi connectivity index (χ0) is 14.5. The smallest absolute Gasteiger partial charge is 0.328 e. The second kappa shape index (κ2) is 6.06. The third-order valence-electron chi connectivity index (χ3n) is 3.05.